The van der Waals surface area contributed by atoms with Crippen LogP contribution in [0.4, 0.5) is 5.82 Å². The number of hydrogen-bond acceptors (Lipinski definition) is 4. The van der Waals surface area contributed by atoms with Gasteiger partial charge < -0.3 is 14.5 Å². The summed E-state index contributed by atoms with van der Waals surface area (Å²) >= 11 is 0. The molecular formula is C23H25N3O2. The number of carbonyl (C=O) groups is 1. The van der Waals surface area contributed by atoms with Crippen LogP contribution in [0.5, 0.6) is 5.75 Å². The topological polar surface area (TPSA) is 45.7 Å². The molecule has 0 N–H and O–H groups in total. The Morgan fingerprint density at radius 2 is 1.71 bits per heavy atom. The number of aryl methyl sites for hydroxylation is 1. The molecule has 0 aliphatic carbocycles. The molecule has 0 radical (unpaired) electrons. The van der Waals surface area contributed by atoms with Gasteiger partial charge in [0, 0.05) is 31.6 Å². The van der Waals surface area contributed by atoms with Crippen molar-refractivity contribution in [3.05, 3.63) is 66.2 Å². The Labute approximate surface area is 165 Å². The van der Waals surface area contributed by atoms with Gasteiger partial charge in [-0.1, -0.05) is 36.4 Å². The highest BCUT2D eigenvalue weighted by Crippen LogP contribution is 2.24. The van der Waals surface area contributed by atoms with Crippen LogP contribution in [0.25, 0.3) is 10.9 Å². The van der Waals surface area contributed by atoms with Crippen molar-refractivity contribution in [1.29, 1.82) is 0 Å². The van der Waals surface area contributed by atoms with Crippen LogP contribution >= 0.6 is 0 Å². The molecule has 0 unspecified atom stereocenters. The number of pyridine rings is 1. The molecule has 4 rings (SSSR count). The second-order valence-electron chi connectivity index (χ2n) is 7.10. The zero-order valence-corrected chi connectivity index (χ0v) is 16.2. The van der Waals surface area contributed by atoms with E-state index in [4.69, 9.17) is 9.72 Å². The van der Waals surface area contributed by atoms with Crippen LogP contribution in [0.15, 0.2) is 60.7 Å². The van der Waals surface area contributed by atoms with Gasteiger partial charge >= 0.3 is 0 Å². The normalized spacial score (nSPS) is 14.3. The molecule has 1 amide bonds. The molecule has 1 saturated heterocycles. The van der Waals surface area contributed by atoms with Gasteiger partial charge in [-0.3, -0.25) is 4.79 Å². The molecule has 28 heavy (non-hydrogen) atoms. The summed E-state index contributed by atoms with van der Waals surface area (Å²) in [7, 11) is 0. The largest absolute Gasteiger partial charge is 0.493 e. The molecule has 144 valence electrons. The van der Waals surface area contributed by atoms with Gasteiger partial charge in [-0.2, -0.15) is 0 Å². The summed E-state index contributed by atoms with van der Waals surface area (Å²) in [5, 5.41) is 1.16. The van der Waals surface area contributed by atoms with Crippen LogP contribution in [0, 0.1) is 6.92 Å². The zero-order valence-electron chi connectivity index (χ0n) is 16.2. The maximum atomic E-state index is 12.5. The lowest BCUT2D eigenvalue weighted by Gasteiger charge is -2.36. The van der Waals surface area contributed by atoms with Gasteiger partial charge in [-0.15, -0.1) is 0 Å². The number of rotatable bonds is 5. The van der Waals surface area contributed by atoms with E-state index in [9.17, 15) is 4.79 Å². The molecule has 5 heteroatoms. The average Bonchev–Trinajstić information content (AvgIpc) is 2.74. The monoisotopic (exact) mass is 375 g/mol. The second-order valence-corrected chi connectivity index (χ2v) is 7.10. The number of hydrogen-bond donors (Lipinski definition) is 0. The van der Waals surface area contributed by atoms with Crippen molar-refractivity contribution in [3.8, 4) is 5.75 Å². The van der Waals surface area contributed by atoms with Gasteiger partial charge in [0.1, 0.15) is 11.6 Å². The predicted molar refractivity (Wildman–Crippen MR) is 112 cm³/mol. The quantitative estimate of drug-likeness (QED) is 0.683. The molecule has 0 spiro atoms. The third-order valence-corrected chi connectivity index (χ3v) is 5.15. The van der Waals surface area contributed by atoms with E-state index in [1.54, 1.807) is 0 Å². The van der Waals surface area contributed by atoms with Crippen molar-refractivity contribution in [2.45, 2.75) is 13.3 Å². The van der Waals surface area contributed by atoms with Gasteiger partial charge in [0.25, 0.3) is 0 Å². The maximum absolute atomic E-state index is 12.5. The highest BCUT2D eigenvalue weighted by atomic mass is 16.5. The molecule has 2 aromatic carbocycles. The third kappa shape index (κ3) is 4.09. The fourth-order valence-corrected chi connectivity index (χ4v) is 3.63. The summed E-state index contributed by atoms with van der Waals surface area (Å²) in [6.45, 7) is 5.56. The van der Waals surface area contributed by atoms with Crippen LogP contribution < -0.4 is 9.64 Å². The fraction of sp³-hybridized carbons (Fsp3) is 0.304. The number of ether oxygens (including phenoxy) is 1. The Morgan fingerprint density at radius 1 is 1.00 bits per heavy atom. The average molecular weight is 375 g/mol. The molecule has 0 saturated carbocycles. The molecule has 1 aliphatic heterocycles. The predicted octanol–water partition coefficient (Wildman–Crippen LogP) is 3.66. The van der Waals surface area contributed by atoms with E-state index in [-0.39, 0.29) is 5.91 Å². The first kappa shape index (κ1) is 18.3. The minimum atomic E-state index is 0.152. The van der Waals surface area contributed by atoms with Crippen LogP contribution in [0.1, 0.15) is 12.0 Å². The number of carbonyl (C=O) groups excluding carboxylic acids is 1. The van der Waals surface area contributed by atoms with Gasteiger partial charge in [0.2, 0.25) is 5.91 Å². The van der Waals surface area contributed by atoms with E-state index in [1.807, 2.05) is 53.4 Å². The second kappa shape index (κ2) is 8.30. The summed E-state index contributed by atoms with van der Waals surface area (Å²) in [6, 6.07) is 20.0. The molecular weight excluding hydrogens is 350 g/mol. The third-order valence-electron chi connectivity index (χ3n) is 5.15. The lowest BCUT2D eigenvalue weighted by Crippen LogP contribution is -2.49. The van der Waals surface area contributed by atoms with Crippen molar-refractivity contribution in [2.75, 3.05) is 37.7 Å². The minimum absolute atomic E-state index is 0.152. The maximum Gasteiger partial charge on any atom is 0.226 e. The minimum Gasteiger partial charge on any atom is -0.493 e. The van der Waals surface area contributed by atoms with Crippen LogP contribution in [-0.4, -0.2) is 48.6 Å². The summed E-state index contributed by atoms with van der Waals surface area (Å²) in [4.78, 5) is 21.6. The SMILES string of the molecule is Cc1cc2ccccc2nc1N1CCN(C(=O)CCOc2ccccc2)CC1. The van der Waals surface area contributed by atoms with E-state index < -0.39 is 0 Å². The Bertz CT molecular complexity index is 950. The Balaban J connectivity index is 1.32. The van der Waals surface area contributed by atoms with Gasteiger partial charge in [-0.25, -0.2) is 4.98 Å². The van der Waals surface area contributed by atoms with Crippen LogP contribution in [0.3, 0.4) is 0 Å². The number of para-hydroxylation sites is 2. The van der Waals surface area contributed by atoms with Crippen molar-refractivity contribution in [3.63, 3.8) is 0 Å². The highest BCUT2D eigenvalue weighted by Gasteiger charge is 2.23. The number of benzene rings is 2. The zero-order chi connectivity index (χ0) is 19.3. The number of nitrogens with zero attached hydrogens (tertiary/aromatic N) is 3. The molecule has 1 fully saturated rings. The number of anilines is 1. The number of aromatic nitrogens is 1. The number of piperazine rings is 1. The van der Waals surface area contributed by atoms with E-state index in [1.165, 1.54) is 5.56 Å². The Hall–Kier alpha value is -3.08. The fourth-order valence-electron chi connectivity index (χ4n) is 3.63. The summed E-state index contributed by atoms with van der Waals surface area (Å²) in [6.07, 6.45) is 0.405. The molecule has 2 heterocycles. The summed E-state index contributed by atoms with van der Waals surface area (Å²) < 4.78 is 5.65. The first-order chi connectivity index (χ1) is 13.7. The lowest BCUT2D eigenvalue weighted by molar-refractivity contribution is -0.132. The number of amides is 1. The Kier molecular flexibility index (Phi) is 5.42. The molecule has 3 aromatic rings. The van der Waals surface area contributed by atoms with Crippen molar-refractivity contribution in [1.82, 2.24) is 9.88 Å². The summed E-state index contributed by atoms with van der Waals surface area (Å²) in [5.74, 6) is 1.98. The van der Waals surface area contributed by atoms with Gasteiger partial charge in [0.05, 0.1) is 18.5 Å². The smallest absolute Gasteiger partial charge is 0.226 e. The number of fused-ring (bicyclic) bond motifs is 1. The van der Waals surface area contributed by atoms with Gasteiger partial charge in [0.15, 0.2) is 0 Å². The van der Waals surface area contributed by atoms with Crippen molar-refractivity contribution in [2.24, 2.45) is 0 Å². The first-order valence-electron chi connectivity index (χ1n) is 9.78. The van der Waals surface area contributed by atoms with Crippen molar-refractivity contribution < 1.29 is 9.53 Å². The Morgan fingerprint density at radius 3 is 2.50 bits per heavy atom. The van der Waals surface area contributed by atoms with E-state index >= 15 is 0 Å². The van der Waals surface area contributed by atoms with Gasteiger partial charge in [-0.05, 0) is 36.8 Å². The summed E-state index contributed by atoms with van der Waals surface area (Å²) in [5.41, 5.74) is 2.19. The molecule has 5 nitrogen and oxygen atoms in total. The van der Waals surface area contributed by atoms with Crippen LogP contribution in [0.2, 0.25) is 0 Å². The van der Waals surface area contributed by atoms with Crippen molar-refractivity contribution >= 4 is 22.6 Å². The lowest BCUT2D eigenvalue weighted by atomic mass is 10.1. The van der Waals surface area contributed by atoms with Crippen LogP contribution in [-0.2, 0) is 4.79 Å². The van der Waals surface area contributed by atoms with E-state index in [0.29, 0.717) is 13.0 Å². The first-order valence-corrected chi connectivity index (χ1v) is 9.78. The molecule has 0 bridgehead atoms. The van der Waals surface area contributed by atoms with E-state index in [2.05, 4.69) is 24.0 Å². The standard InChI is InChI=1S/C23H25N3O2/c1-18-17-19-7-5-6-10-21(19)24-23(18)26-14-12-25(13-15-26)22(27)11-16-28-20-8-3-2-4-9-20/h2-10,17H,11-16H2,1H3. The van der Waals surface area contributed by atoms with E-state index in [0.717, 1.165) is 48.6 Å². The molecule has 1 aromatic heterocycles. The molecule has 1 aliphatic rings. The molecule has 0 atom stereocenters. The highest BCUT2D eigenvalue weighted by molar-refractivity contribution is 5.82.